The maximum absolute atomic E-state index is 13.4. The van der Waals surface area contributed by atoms with Crippen LogP contribution in [0.2, 0.25) is 0 Å². The zero-order chi connectivity index (χ0) is 15.0. The van der Waals surface area contributed by atoms with Crippen molar-refractivity contribution in [2.45, 2.75) is 44.2 Å². The van der Waals surface area contributed by atoms with E-state index in [1.165, 1.54) is 6.07 Å². The number of rotatable bonds is 6. The van der Waals surface area contributed by atoms with Crippen LogP contribution in [0.5, 0.6) is 0 Å². The summed E-state index contributed by atoms with van der Waals surface area (Å²) in [5, 5.41) is 12.7. The van der Waals surface area contributed by atoms with Gasteiger partial charge in [0, 0.05) is 24.8 Å². The van der Waals surface area contributed by atoms with Crippen molar-refractivity contribution in [1.29, 1.82) is 0 Å². The summed E-state index contributed by atoms with van der Waals surface area (Å²) in [7, 11) is 0. The van der Waals surface area contributed by atoms with E-state index < -0.39 is 11.5 Å². The maximum Gasteiger partial charge on any atom is 0.323 e. The fourth-order valence-electron chi connectivity index (χ4n) is 2.93. The third-order valence-corrected chi connectivity index (χ3v) is 4.49. The molecule has 5 heteroatoms. The van der Waals surface area contributed by atoms with Gasteiger partial charge in [-0.15, -0.1) is 0 Å². The Balaban J connectivity index is 1.67. The highest BCUT2D eigenvalue weighted by Gasteiger charge is 2.38. The van der Waals surface area contributed by atoms with E-state index in [0.29, 0.717) is 19.0 Å². The molecular weight excluding hydrogens is 271 g/mol. The summed E-state index contributed by atoms with van der Waals surface area (Å²) >= 11 is 0. The van der Waals surface area contributed by atoms with Crippen LogP contribution in [0.25, 0.3) is 0 Å². The van der Waals surface area contributed by atoms with Crippen molar-refractivity contribution in [2.24, 2.45) is 0 Å². The van der Waals surface area contributed by atoms with E-state index in [2.05, 4.69) is 10.2 Å². The number of hydrogen-bond donors (Lipinski definition) is 2. The largest absolute Gasteiger partial charge is 0.480 e. The first-order chi connectivity index (χ1) is 9.98. The quantitative estimate of drug-likeness (QED) is 0.844. The van der Waals surface area contributed by atoms with Gasteiger partial charge < -0.3 is 10.0 Å². The molecule has 1 aromatic carbocycles. The molecule has 21 heavy (non-hydrogen) atoms. The first-order valence-electron chi connectivity index (χ1n) is 7.52. The van der Waals surface area contributed by atoms with Gasteiger partial charge in [-0.2, -0.15) is 0 Å². The molecular formula is C16H21FN2O2. The molecule has 0 bridgehead atoms. The van der Waals surface area contributed by atoms with Gasteiger partial charge in [-0.1, -0.05) is 6.07 Å². The molecule has 2 N–H and O–H groups in total. The lowest BCUT2D eigenvalue weighted by molar-refractivity contribution is -0.144. The molecule has 4 nitrogen and oxygen atoms in total. The average Bonchev–Trinajstić information content (AvgIpc) is 3.15. The van der Waals surface area contributed by atoms with Gasteiger partial charge in [-0.3, -0.25) is 10.1 Å². The van der Waals surface area contributed by atoms with Gasteiger partial charge in [-0.25, -0.2) is 4.39 Å². The van der Waals surface area contributed by atoms with E-state index >= 15 is 0 Å². The van der Waals surface area contributed by atoms with Crippen molar-refractivity contribution in [3.05, 3.63) is 29.6 Å². The SMILES string of the molecule is CC(CCN1CCc2ccc(F)cc21)(NC1CC1)C(=O)O. The number of carboxylic acids is 1. The van der Waals surface area contributed by atoms with Gasteiger partial charge in [0.15, 0.2) is 0 Å². The lowest BCUT2D eigenvalue weighted by Gasteiger charge is -2.29. The lowest BCUT2D eigenvalue weighted by Crippen LogP contribution is -2.52. The van der Waals surface area contributed by atoms with Crippen LogP contribution in [0.3, 0.4) is 0 Å². The Morgan fingerprint density at radius 2 is 2.29 bits per heavy atom. The fraction of sp³-hybridized carbons (Fsp3) is 0.562. The molecule has 1 aliphatic heterocycles. The van der Waals surface area contributed by atoms with E-state index in [1.807, 2.05) is 6.07 Å². The molecule has 0 radical (unpaired) electrons. The third kappa shape index (κ3) is 3.02. The van der Waals surface area contributed by atoms with Crippen molar-refractivity contribution in [3.8, 4) is 0 Å². The number of hydrogen-bond acceptors (Lipinski definition) is 3. The van der Waals surface area contributed by atoms with E-state index in [4.69, 9.17) is 0 Å². The van der Waals surface area contributed by atoms with Crippen LogP contribution in [-0.4, -0.2) is 35.7 Å². The Hall–Kier alpha value is -1.62. The molecule has 1 saturated carbocycles. The second-order valence-electron chi connectivity index (χ2n) is 6.32. The first-order valence-corrected chi connectivity index (χ1v) is 7.52. The predicted molar refractivity (Wildman–Crippen MR) is 79.1 cm³/mol. The number of fused-ring (bicyclic) bond motifs is 1. The summed E-state index contributed by atoms with van der Waals surface area (Å²) in [5.41, 5.74) is 1.15. The van der Waals surface area contributed by atoms with Gasteiger partial charge >= 0.3 is 5.97 Å². The Bertz CT molecular complexity index is 559. The topological polar surface area (TPSA) is 52.6 Å². The van der Waals surface area contributed by atoms with Crippen LogP contribution in [-0.2, 0) is 11.2 Å². The minimum atomic E-state index is -0.906. The summed E-state index contributed by atoms with van der Waals surface area (Å²) in [5.74, 6) is -1.05. The molecule has 0 spiro atoms. The number of halogens is 1. The van der Waals surface area contributed by atoms with Crippen LogP contribution < -0.4 is 10.2 Å². The standard InChI is InChI=1S/C16H21FN2O2/c1-16(15(20)21,18-13-4-5-13)7-9-19-8-6-11-2-3-12(17)10-14(11)19/h2-3,10,13,18H,4-9H2,1H3,(H,20,21). The third-order valence-electron chi connectivity index (χ3n) is 4.49. The minimum absolute atomic E-state index is 0.238. The number of anilines is 1. The van der Waals surface area contributed by atoms with Crippen LogP contribution in [0.15, 0.2) is 18.2 Å². The van der Waals surface area contributed by atoms with Crippen LogP contribution in [0.1, 0.15) is 31.7 Å². The minimum Gasteiger partial charge on any atom is -0.480 e. The zero-order valence-electron chi connectivity index (χ0n) is 12.2. The second-order valence-corrected chi connectivity index (χ2v) is 6.32. The average molecular weight is 292 g/mol. The molecule has 3 rings (SSSR count). The lowest BCUT2D eigenvalue weighted by atomic mass is 9.97. The molecule has 2 aliphatic rings. The van der Waals surface area contributed by atoms with Gasteiger partial charge in [0.2, 0.25) is 0 Å². The molecule has 1 atom stereocenters. The summed E-state index contributed by atoms with van der Waals surface area (Å²) < 4.78 is 13.4. The summed E-state index contributed by atoms with van der Waals surface area (Å²) in [4.78, 5) is 13.6. The van der Waals surface area contributed by atoms with Crippen molar-refractivity contribution >= 4 is 11.7 Å². The monoisotopic (exact) mass is 292 g/mol. The normalized spacial score (nSPS) is 20.2. The number of aliphatic carboxylic acids is 1. The van der Waals surface area contributed by atoms with E-state index in [9.17, 15) is 14.3 Å². The number of carbonyl (C=O) groups is 1. The van der Waals surface area contributed by atoms with E-state index in [-0.39, 0.29) is 5.82 Å². The zero-order valence-corrected chi connectivity index (χ0v) is 12.2. The molecule has 0 aromatic heterocycles. The molecule has 1 aliphatic carbocycles. The highest BCUT2D eigenvalue weighted by molar-refractivity contribution is 5.78. The summed E-state index contributed by atoms with van der Waals surface area (Å²) in [6.45, 7) is 3.20. The number of benzene rings is 1. The highest BCUT2D eigenvalue weighted by Crippen LogP contribution is 2.30. The van der Waals surface area contributed by atoms with E-state index in [0.717, 1.165) is 37.1 Å². The Morgan fingerprint density at radius 1 is 1.52 bits per heavy atom. The van der Waals surface area contributed by atoms with Gasteiger partial charge in [-0.05, 0) is 50.3 Å². The molecule has 1 heterocycles. The van der Waals surface area contributed by atoms with Crippen LogP contribution in [0, 0.1) is 5.82 Å². The maximum atomic E-state index is 13.4. The first kappa shape index (κ1) is 14.3. The predicted octanol–water partition coefficient (Wildman–Crippen LogP) is 2.17. The second kappa shape index (κ2) is 5.30. The van der Waals surface area contributed by atoms with E-state index in [1.54, 1.807) is 13.0 Å². The highest BCUT2D eigenvalue weighted by atomic mass is 19.1. The number of nitrogens with zero attached hydrogens (tertiary/aromatic N) is 1. The molecule has 1 unspecified atom stereocenters. The van der Waals surface area contributed by atoms with Crippen molar-refractivity contribution in [3.63, 3.8) is 0 Å². The number of nitrogens with one attached hydrogen (secondary N) is 1. The van der Waals surface area contributed by atoms with Gasteiger partial charge in [0.25, 0.3) is 0 Å². The molecule has 1 fully saturated rings. The fourth-order valence-corrected chi connectivity index (χ4v) is 2.93. The van der Waals surface area contributed by atoms with Crippen molar-refractivity contribution in [1.82, 2.24) is 5.32 Å². The smallest absolute Gasteiger partial charge is 0.323 e. The molecule has 114 valence electrons. The Kier molecular flexibility index (Phi) is 3.61. The van der Waals surface area contributed by atoms with Crippen molar-refractivity contribution < 1.29 is 14.3 Å². The van der Waals surface area contributed by atoms with Gasteiger partial charge in [0.1, 0.15) is 11.4 Å². The Labute approximate surface area is 124 Å². The van der Waals surface area contributed by atoms with Crippen LogP contribution >= 0.6 is 0 Å². The van der Waals surface area contributed by atoms with Crippen LogP contribution in [0.4, 0.5) is 10.1 Å². The van der Waals surface area contributed by atoms with Crippen molar-refractivity contribution in [2.75, 3.05) is 18.0 Å². The molecule has 0 amide bonds. The summed E-state index contributed by atoms with van der Waals surface area (Å²) in [6, 6.07) is 5.20. The van der Waals surface area contributed by atoms with Gasteiger partial charge in [0.05, 0.1) is 0 Å². The molecule has 0 saturated heterocycles. The Morgan fingerprint density at radius 3 is 2.95 bits per heavy atom. The summed E-state index contributed by atoms with van der Waals surface area (Å²) in [6.07, 6.45) is 3.52. The molecule has 1 aromatic rings. The number of carboxylic acid groups (broad SMARTS) is 1.